The van der Waals surface area contributed by atoms with Crippen molar-refractivity contribution < 1.29 is 40.7 Å². The molecule has 184 valence electrons. The van der Waals surface area contributed by atoms with Crippen molar-refractivity contribution in [2.45, 2.75) is 20.8 Å². The van der Waals surface area contributed by atoms with Gasteiger partial charge in [-0.1, -0.05) is 0 Å². The Kier molecular flexibility index (Phi) is 9.36. The summed E-state index contributed by atoms with van der Waals surface area (Å²) in [4.78, 5) is 35.8. The van der Waals surface area contributed by atoms with Crippen molar-refractivity contribution in [1.29, 1.82) is 0 Å². The number of ketones is 2. The zero-order valence-corrected chi connectivity index (χ0v) is 19.2. The van der Waals surface area contributed by atoms with E-state index in [1.165, 1.54) is 12.2 Å². The Hall–Kier alpha value is -3.89. The van der Waals surface area contributed by atoms with Gasteiger partial charge in [-0.3, -0.25) is 14.4 Å². The van der Waals surface area contributed by atoms with Crippen molar-refractivity contribution in [3.05, 3.63) is 64.6 Å². The van der Waals surface area contributed by atoms with Crippen molar-refractivity contribution in [3.8, 4) is 5.75 Å². The molecule has 1 aromatic rings. The number of phenols is 1. The summed E-state index contributed by atoms with van der Waals surface area (Å²) in [5, 5.41) is 30.2. The molecule has 2 aliphatic carbocycles. The van der Waals surface area contributed by atoms with Crippen LogP contribution < -0.4 is 4.90 Å². The van der Waals surface area contributed by atoms with Gasteiger partial charge in [-0.15, -0.1) is 0 Å². The molecule has 10 nitrogen and oxygen atoms in total. The van der Waals surface area contributed by atoms with Crippen LogP contribution in [0.1, 0.15) is 26.3 Å². The number of aromatic hydroxyl groups is 1. The molecular formula is C24H30N2O8. The maximum absolute atomic E-state index is 11.0. The smallest absolute Gasteiger partial charge is 0.363 e. The van der Waals surface area contributed by atoms with E-state index in [0.717, 1.165) is 18.8 Å². The van der Waals surface area contributed by atoms with Crippen LogP contribution in [0.3, 0.4) is 0 Å². The van der Waals surface area contributed by atoms with Gasteiger partial charge in [0.15, 0.2) is 5.76 Å². The molecule has 0 aromatic heterocycles. The van der Waals surface area contributed by atoms with Gasteiger partial charge in [0.1, 0.15) is 23.4 Å². The molecule has 0 aliphatic heterocycles. The van der Waals surface area contributed by atoms with Gasteiger partial charge in [0.05, 0.1) is 11.6 Å². The van der Waals surface area contributed by atoms with Crippen molar-refractivity contribution in [1.82, 2.24) is 4.90 Å². The zero-order chi connectivity index (χ0) is 23.6. The lowest BCUT2D eigenvalue weighted by atomic mass is 9.79. The fourth-order valence-electron chi connectivity index (χ4n) is 3.92. The number of hydrogen-bond donors (Lipinski definition) is 3. The number of anilines is 1. The fourth-order valence-corrected chi connectivity index (χ4v) is 3.92. The van der Waals surface area contributed by atoms with Crippen LogP contribution in [0.2, 0.25) is 0 Å². The Bertz CT molecular complexity index is 1110. The Morgan fingerprint density at radius 1 is 0.941 bits per heavy atom. The minimum atomic E-state index is -0.994. The maximum atomic E-state index is 11.0. The number of aliphatic hydroxyl groups is 1. The Balaban J connectivity index is 0.00000289. The summed E-state index contributed by atoms with van der Waals surface area (Å²) in [6.45, 7) is 7.57. The Morgan fingerprint density at radius 2 is 1.56 bits per heavy atom. The normalized spacial score (nSPS) is 16.9. The minimum absolute atomic E-state index is 0. The lowest BCUT2D eigenvalue weighted by molar-refractivity contribution is -0.137. The Morgan fingerprint density at radius 3 is 2.03 bits per heavy atom. The van der Waals surface area contributed by atoms with Gasteiger partial charge in [0.25, 0.3) is 0 Å². The van der Waals surface area contributed by atoms with Crippen LogP contribution in [-0.2, 0) is 4.79 Å². The lowest BCUT2D eigenvalue weighted by Gasteiger charge is -2.24. The number of likely N-dealkylation sites (N-methyl/N-ethyl adjacent to an activating group) is 1. The first-order valence-corrected chi connectivity index (χ1v) is 10.5. The van der Waals surface area contributed by atoms with Crippen LogP contribution in [-0.4, -0.2) is 84.5 Å². The van der Waals surface area contributed by atoms with Gasteiger partial charge in [-0.05, 0) is 45.1 Å². The number of carbonyl (C=O) groups is 1. The van der Waals surface area contributed by atoms with Crippen LogP contribution in [0.15, 0.2) is 59.0 Å². The first kappa shape index (κ1) is 28.1. The van der Waals surface area contributed by atoms with Gasteiger partial charge in [-0.2, -0.15) is 0 Å². The largest absolute Gasteiger partial charge is 0.870 e. The zero-order valence-electron chi connectivity index (χ0n) is 19.2. The van der Waals surface area contributed by atoms with E-state index in [-0.39, 0.29) is 62.9 Å². The summed E-state index contributed by atoms with van der Waals surface area (Å²) in [5.41, 5.74) is 2.00. The number of carbonyl (C=O) groups excluding carboxylic acids is 2. The highest BCUT2D eigenvalue weighted by Gasteiger charge is 2.46. The number of aliphatic carboxylic acids is 1. The summed E-state index contributed by atoms with van der Waals surface area (Å²) in [6, 6.07) is 5.03. The average molecular weight is 475 g/mol. The lowest BCUT2D eigenvalue weighted by Crippen LogP contribution is -2.30. The summed E-state index contributed by atoms with van der Waals surface area (Å²) in [5.74, 6) is -1.76. The summed E-state index contributed by atoms with van der Waals surface area (Å²) in [7, 11) is 0. The molecule has 10 heteroatoms. The third-order valence-corrected chi connectivity index (χ3v) is 5.65. The summed E-state index contributed by atoms with van der Waals surface area (Å²) < 4.78 is 0. The highest BCUT2D eigenvalue weighted by molar-refractivity contribution is 6.42. The number of hydrogen-bond acceptors (Lipinski definition) is 7. The molecule has 0 amide bonds. The van der Waals surface area contributed by atoms with E-state index in [4.69, 9.17) is 5.11 Å². The van der Waals surface area contributed by atoms with Gasteiger partial charge in [0, 0.05) is 42.6 Å². The van der Waals surface area contributed by atoms with E-state index in [1.807, 2.05) is 19.9 Å². The van der Waals surface area contributed by atoms with Gasteiger partial charge in [-0.25, -0.2) is 0 Å². The molecular weight excluding hydrogens is 444 g/mol. The molecule has 0 bridgehead atoms. The SMILES string of the molecule is CCN(CC(=O)O)C1=CC(=[OH+])C(=C2C(=[OH+])C(c3ccc(N(CC)CC)cc3O)=C2O)C=C1.[OH-].[OH-]. The average Bonchev–Trinajstić information content (AvgIpc) is 2.76. The third-order valence-electron chi connectivity index (χ3n) is 5.65. The molecule has 0 saturated carbocycles. The third kappa shape index (κ3) is 5.03. The quantitative estimate of drug-likeness (QED) is 0.378. The molecule has 0 saturated heterocycles. The number of benzene rings is 1. The minimum Gasteiger partial charge on any atom is -0.870 e. The number of nitrogens with zero attached hydrogens (tertiary/aromatic N) is 2. The standard InChI is InChI=1S/C24H26N2O6.2H2O/c1-4-25(5-2)14-7-9-16(18(27)11-14)21-23(31)22(24(21)32)17-10-8-15(12-19(17)28)26(6-3)13-20(29)30;;/h7-12,27,31H,4-6,13H2,1-3H3,(H,29,30);2*1H2. The Labute approximate surface area is 197 Å². The molecule has 7 N–H and O–H groups in total. The number of rotatable bonds is 8. The predicted octanol–water partition coefficient (Wildman–Crippen LogP) is 2.41. The molecule has 2 aliphatic rings. The van der Waals surface area contributed by atoms with Crippen LogP contribution in [0.5, 0.6) is 5.75 Å². The van der Waals surface area contributed by atoms with E-state index >= 15 is 0 Å². The molecule has 0 heterocycles. The van der Waals surface area contributed by atoms with Crippen molar-refractivity contribution in [2.24, 2.45) is 0 Å². The molecule has 0 spiro atoms. The van der Waals surface area contributed by atoms with E-state index < -0.39 is 5.97 Å². The van der Waals surface area contributed by atoms with Gasteiger partial charge in [0.2, 0.25) is 0 Å². The maximum Gasteiger partial charge on any atom is 0.363 e. The number of allylic oxidation sites excluding steroid dienone is 6. The number of aliphatic hydroxyl groups excluding tert-OH is 1. The van der Waals surface area contributed by atoms with E-state index in [9.17, 15) is 24.6 Å². The van der Waals surface area contributed by atoms with E-state index in [2.05, 4.69) is 4.90 Å². The number of carboxylic acids is 1. The highest BCUT2D eigenvalue weighted by Crippen LogP contribution is 2.42. The van der Waals surface area contributed by atoms with Crippen molar-refractivity contribution in [3.63, 3.8) is 0 Å². The van der Waals surface area contributed by atoms with Crippen molar-refractivity contribution in [2.75, 3.05) is 31.1 Å². The molecule has 0 fully saturated rings. The summed E-state index contributed by atoms with van der Waals surface area (Å²) in [6.07, 6.45) is 4.52. The van der Waals surface area contributed by atoms with Gasteiger partial charge >= 0.3 is 17.5 Å². The van der Waals surface area contributed by atoms with Crippen molar-refractivity contribution >= 4 is 28.8 Å². The second kappa shape index (κ2) is 11.3. The molecule has 0 radical (unpaired) electrons. The van der Waals surface area contributed by atoms with Gasteiger partial charge < -0.3 is 36.1 Å². The van der Waals surface area contributed by atoms with Crippen LogP contribution in [0, 0.1) is 0 Å². The second-order valence-corrected chi connectivity index (χ2v) is 7.43. The van der Waals surface area contributed by atoms with Crippen LogP contribution >= 0.6 is 0 Å². The van der Waals surface area contributed by atoms with Crippen LogP contribution in [0.4, 0.5) is 5.69 Å². The monoisotopic (exact) mass is 474 g/mol. The highest BCUT2D eigenvalue weighted by atomic mass is 16.4. The molecule has 1 aromatic carbocycles. The second-order valence-electron chi connectivity index (χ2n) is 7.43. The first-order chi connectivity index (χ1) is 15.2. The first-order valence-electron chi connectivity index (χ1n) is 10.5. The predicted molar refractivity (Wildman–Crippen MR) is 128 cm³/mol. The molecule has 34 heavy (non-hydrogen) atoms. The number of phenolic OH excluding ortho intramolecular Hbond substituents is 1. The van der Waals surface area contributed by atoms with Crippen LogP contribution in [0.25, 0.3) is 5.57 Å². The van der Waals surface area contributed by atoms with E-state index in [0.29, 0.717) is 12.2 Å². The molecule has 0 unspecified atom stereocenters. The van der Waals surface area contributed by atoms with E-state index in [1.54, 1.807) is 30.0 Å². The molecule has 0 atom stereocenters. The number of carboxylic acid groups (broad SMARTS) is 1. The molecule has 3 rings (SSSR count). The topological polar surface area (TPSA) is 187 Å². The fraction of sp³-hybridized carbons (Fsp3) is 0.292. The summed E-state index contributed by atoms with van der Waals surface area (Å²) >= 11 is 0.